The number of benzene rings is 1. The Morgan fingerprint density at radius 2 is 1.80 bits per heavy atom. The molecule has 3 aliphatic rings. The van der Waals surface area contributed by atoms with Crippen molar-refractivity contribution in [3.63, 3.8) is 0 Å². The summed E-state index contributed by atoms with van der Waals surface area (Å²) < 4.78 is 5.57. The fourth-order valence-corrected chi connectivity index (χ4v) is 4.64. The lowest BCUT2D eigenvalue weighted by molar-refractivity contribution is -0.119. The highest BCUT2D eigenvalue weighted by molar-refractivity contribution is 5.97. The van der Waals surface area contributed by atoms with E-state index >= 15 is 0 Å². The molecule has 0 bridgehead atoms. The van der Waals surface area contributed by atoms with E-state index in [0.717, 1.165) is 30.6 Å². The van der Waals surface area contributed by atoms with Gasteiger partial charge >= 0.3 is 6.09 Å². The highest BCUT2D eigenvalue weighted by Crippen LogP contribution is 2.32. The first-order valence-electron chi connectivity index (χ1n) is 12.5. The highest BCUT2D eigenvalue weighted by Gasteiger charge is 2.33. The van der Waals surface area contributed by atoms with Gasteiger partial charge in [0.2, 0.25) is 5.91 Å². The average molecular weight is 479 g/mol. The van der Waals surface area contributed by atoms with Gasteiger partial charge in [-0.05, 0) is 77.7 Å². The van der Waals surface area contributed by atoms with E-state index < -0.39 is 5.60 Å². The summed E-state index contributed by atoms with van der Waals surface area (Å²) in [5.41, 5.74) is 6.65. The molecule has 7 nitrogen and oxygen atoms in total. The van der Waals surface area contributed by atoms with Crippen molar-refractivity contribution in [2.45, 2.75) is 77.5 Å². The van der Waals surface area contributed by atoms with Gasteiger partial charge in [0.1, 0.15) is 5.60 Å². The molecule has 35 heavy (non-hydrogen) atoms. The Morgan fingerprint density at radius 3 is 2.46 bits per heavy atom. The first-order valence-corrected chi connectivity index (χ1v) is 12.5. The first kappa shape index (κ1) is 25.0. The standard InChI is InChI=1S/C28H38N4O3/c1-27(2,3)29-25(33)23-11-7-9-21-18-32(30-24(21)23)22-14-12-19(13-15-22)20-10-8-16-31(17-20)26(34)35-28(4,5)6/h7,9,11-15,18,20,24,30H,8,10,16-17H2,1-6H3,(H,29,33). The number of ether oxygens (including phenoxy) is 1. The number of piperidine rings is 1. The second kappa shape index (κ2) is 9.53. The van der Waals surface area contributed by atoms with Gasteiger partial charge in [-0.15, -0.1) is 0 Å². The number of allylic oxidation sites excluding steroid dienone is 2. The number of nitrogens with zero attached hydrogens (tertiary/aromatic N) is 2. The van der Waals surface area contributed by atoms with Crippen molar-refractivity contribution in [3.05, 3.63) is 65.4 Å². The number of hydrogen-bond donors (Lipinski definition) is 2. The minimum Gasteiger partial charge on any atom is -0.444 e. The number of carbonyl (C=O) groups excluding carboxylic acids is 2. The maximum absolute atomic E-state index is 12.8. The van der Waals surface area contributed by atoms with E-state index in [4.69, 9.17) is 4.74 Å². The Balaban J connectivity index is 1.41. The SMILES string of the molecule is CC(C)(C)NC(=O)C1=CC=CC2=CN(c3ccc(C4CCCN(C(=O)OC(C)(C)C)C4)cc3)NC21. The number of hydrazine groups is 1. The number of carbonyl (C=O) groups is 2. The smallest absolute Gasteiger partial charge is 0.410 e. The van der Waals surface area contributed by atoms with E-state index in [0.29, 0.717) is 12.1 Å². The summed E-state index contributed by atoms with van der Waals surface area (Å²) >= 11 is 0. The molecule has 188 valence electrons. The summed E-state index contributed by atoms with van der Waals surface area (Å²) in [7, 11) is 0. The molecule has 1 fully saturated rings. The quantitative estimate of drug-likeness (QED) is 0.654. The van der Waals surface area contributed by atoms with E-state index in [2.05, 4.69) is 35.0 Å². The predicted octanol–water partition coefficient (Wildman–Crippen LogP) is 4.79. The lowest BCUT2D eigenvalue weighted by Gasteiger charge is -2.34. The fraction of sp³-hybridized carbons (Fsp3) is 0.500. The van der Waals surface area contributed by atoms with Crippen LogP contribution in [0.4, 0.5) is 10.5 Å². The van der Waals surface area contributed by atoms with E-state index in [9.17, 15) is 9.59 Å². The molecule has 2 amide bonds. The molecular weight excluding hydrogens is 440 g/mol. The molecule has 2 heterocycles. The summed E-state index contributed by atoms with van der Waals surface area (Å²) in [5.74, 6) is 0.227. The van der Waals surface area contributed by atoms with Crippen LogP contribution < -0.4 is 15.8 Å². The zero-order valence-corrected chi connectivity index (χ0v) is 21.7. The van der Waals surface area contributed by atoms with Gasteiger partial charge in [-0.1, -0.05) is 30.4 Å². The van der Waals surface area contributed by atoms with E-state index in [-0.39, 0.29) is 29.5 Å². The third-order valence-corrected chi connectivity index (χ3v) is 6.22. The zero-order chi connectivity index (χ0) is 25.4. The van der Waals surface area contributed by atoms with Gasteiger partial charge in [0.05, 0.1) is 11.7 Å². The third kappa shape index (κ3) is 6.14. The van der Waals surface area contributed by atoms with Crippen molar-refractivity contribution in [2.75, 3.05) is 18.1 Å². The number of nitrogens with one attached hydrogen (secondary N) is 2. The van der Waals surface area contributed by atoms with Crippen molar-refractivity contribution in [3.8, 4) is 0 Å². The molecule has 2 unspecified atom stereocenters. The van der Waals surface area contributed by atoms with Crippen LogP contribution in [-0.2, 0) is 9.53 Å². The summed E-state index contributed by atoms with van der Waals surface area (Å²) in [6.07, 6.45) is 9.66. The summed E-state index contributed by atoms with van der Waals surface area (Å²) in [4.78, 5) is 27.2. The Morgan fingerprint density at radius 1 is 1.09 bits per heavy atom. The zero-order valence-electron chi connectivity index (χ0n) is 21.7. The molecule has 7 heteroatoms. The Labute approximate surface area is 208 Å². The van der Waals surface area contributed by atoms with Crippen LogP contribution in [0.5, 0.6) is 0 Å². The van der Waals surface area contributed by atoms with Crippen LogP contribution in [0.3, 0.4) is 0 Å². The lowest BCUT2D eigenvalue weighted by atomic mass is 9.90. The molecule has 0 radical (unpaired) electrons. The number of anilines is 1. The number of rotatable bonds is 3. The maximum Gasteiger partial charge on any atom is 0.410 e. The van der Waals surface area contributed by atoms with Crippen molar-refractivity contribution in [1.82, 2.24) is 15.6 Å². The average Bonchev–Trinajstić information content (AvgIpc) is 3.21. The number of hydrogen-bond acceptors (Lipinski definition) is 5. The molecule has 1 saturated heterocycles. The topological polar surface area (TPSA) is 73.9 Å². The fourth-order valence-electron chi connectivity index (χ4n) is 4.64. The van der Waals surface area contributed by atoms with Gasteiger partial charge in [0.15, 0.2) is 0 Å². The van der Waals surface area contributed by atoms with E-state index in [1.165, 1.54) is 5.56 Å². The molecule has 4 rings (SSSR count). The third-order valence-electron chi connectivity index (χ3n) is 6.22. The number of amides is 2. The van der Waals surface area contributed by atoms with Crippen molar-refractivity contribution in [2.24, 2.45) is 0 Å². The Kier molecular flexibility index (Phi) is 6.82. The number of fused-ring (bicyclic) bond motifs is 1. The summed E-state index contributed by atoms with van der Waals surface area (Å²) in [5, 5.41) is 5.04. The normalized spacial score (nSPS) is 22.3. The second-order valence-electron chi connectivity index (χ2n) is 11.6. The predicted molar refractivity (Wildman–Crippen MR) is 139 cm³/mol. The molecule has 0 spiro atoms. The minimum absolute atomic E-state index is 0.0608. The van der Waals surface area contributed by atoms with Gasteiger partial charge in [0, 0.05) is 36.3 Å². The van der Waals surface area contributed by atoms with Crippen molar-refractivity contribution in [1.29, 1.82) is 0 Å². The molecular formula is C28H38N4O3. The van der Waals surface area contributed by atoms with Gasteiger partial charge in [-0.25, -0.2) is 10.2 Å². The van der Waals surface area contributed by atoms with Crippen molar-refractivity contribution >= 4 is 17.7 Å². The Bertz CT molecular complexity index is 1060. The highest BCUT2D eigenvalue weighted by atomic mass is 16.6. The molecule has 0 aromatic heterocycles. The van der Waals surface area contributed by atoms with E-state index in [1.807, 2.05) is 75.9 Å². The van der Waals surface area contributed by atoms with Crippen molar-refractivity contribution < 1.29 is 14.3 Å². The first-order chi connectivity index (χ1) is 16.4. The van der Waals surface area contributed by atoms with Gasteiger partial charge in [-0.2, -0.15) is 0 Å². The monoisotopic (exact) mass is 478 g/mol. The van der Waals surface area contributed by atoms with Gasteiger partial charge in [0.25, 0.3) is 0 Å². The number of likely N-dealkylation sites (tertiary alicyclic amines) is 1. The van der Waals surface area contributed by atoms with Crippen LogP contribution in [0.25, 0.3) is 0 Å². The summed E-state index contributed by atoms with van der Waals surface area (Å²) in [6, 6.07) is 8.28. The summed E-state index contributed by atoms with van der Waals surface area (Å²) in [6.45, 7) is 13.0. The molecule has 1 aromatic carbocycles. The minimum atomic E-state index is -0.488. The molecule has 2 aliphatic heterocycles. The van der Waals surface area contributed by atoms with Crippen LogP contribution in [-0.4, -0.2) is 47.2 Å². The van der Waals surface area contributed by atoms with Crippen LogP contribution in [0.1, 0.15) is 65.9 Å². The molecule has 2 atom stereocenters. The van der Waals surface area contributed by atoms with E-state index in [1.54, 1.807) is 0 Å². The largest absolute Gasteiger partial charge is 0.444 e. The second-order valence-corrected chi connectivity index (χ2v) is 11.6. The lowest BCUT2D eigenvalue weighted by Crippen LogP contribution is -2.47. The van der Waals surface area contributed by atoms with Crippen LogP contribution in [0.2, 0.25) is 0 Å². The van der Waals surface area contributed by atoms with Crippen LogP contribution in [0.15, 0.2) is 59.8 Å². The Hall–Kier alpha value is -3.06. The molecule has 1 aromatic rings. The molecule has 1 aliphatic carbocycles. The van der Waals surface area contributed by atoms with Gasteiger partial charge < -0.3 is 15.0 Å². The van der Waals surface area contributed by atoms with Gasteiger partial charge in [-0.3, -0.25) is 9.80 Å². The molecule has 0 saturated carbocycles. The van der Waals surface area contributed by atoms with Crippen LogP contribution in [0, 0.1) is 0 Å². The molecule has 2 N–H and O–H groups in total. The maximum atomic E-state index is 12.8. The van der Waals surface area contributed by atoms with Crippen LogP contribution >= 0.6 is 0 Å².